The van der Waals surface area contributed by atoms with Crippen LogP contribution in [0.1, 0.15) is 32.8 Å². The number of hydrogen-bond donors (Lipinski definition) is 2. The fourth-order valence-corrected chi connectivity index (χ4v) is 4.44. The summed E-state index contributed by atoms with van der Waals surface area (Å²) in [5.41, 5.74) is 0.761. The number of likely N-dealkylation sites (tertiary alicyclic amines) is 1. The second-order valence-electron chi connectivity index (χ2n) is 7.72. The van der Waals surface area contributed by atoms with E-state index in [1.165, 1.54) is 11.8 Å². The van der Waals surface area contributed by atoms with E-state index in [4.69, 9.17) is 4.99 Å². The van der Waals surface area contributed by atoms with E-state index in [0.29, 0.717) is 12.5 Å². The van der Waals surface area contributed by atoms with Crippen LogP contribution in [-0.2, 0) is 16.4 Å². The Labute approximate surface area is 181 Å². The van der Waals surface area contributed by atoms with Gasteiger partial charge in [0, 0.05) is 25.2 Å². The Morgan fingerprint density at radius 2 is 1.96 bits per heavy atom. The van der Waals surface area contributed by atoms with Crippen LogP contribution < -0.4 is 10.0 Å². The maximum absolute atomic E-state index is 11.5. The van der Waals surface area contributed by atoms with E-state index < -0.39 is 15.6 Å². The standard InChI is InChI=1S/C19H32N4O2S.HI/c1-5-20-18(21-15-19(2,3)22-26(4,24)25)23-12-11-17(14-23)13-16-9-7-6-8-10-16;/h6-10,17,22H,5,11-15H2,1-4H3,(H,20,21);1H. The zero-order chi connectivity index (χ0) is 19.2. The Balaban J connectivity index is 0.00000364. The second kappa shape index (κ2) is 10.6. The summed E-state index contributed by atoms with van der Waals surface area (Å²) < 4.78 is 25.7. The first-order chi connectivity index (χ1) is 12.2. The maximum Gasteiger partial charge on any atom is 0.209 e. The van der Waals surface area contributed by atoms with Crippen molar-refractivity contribution >= 4 is 40.0 Å². The lowest BCUT2D eigenvalue weighted by Gasteiger charge is -2.26. The summed E-state index contributed by atoms with van der Waals surface area (Å²) in [5, 5.41) is 3.34. The number of rotatable bonds is 7. The van der Waals surface area contributed by atoms with Crippen LogP contribution in [0.15, 0.2) is 35.3 Å². The summed E-state index contributed by atoms with van der Waals surface area (Å²) in [6.45, 7) is 8.88. The van der Waals surface area contributed by atoms with Gasteiger partial charge in [0.2, 0.25) is 10.0 Å². The molecule has 1 saturated heterocycles. The van der Waals surface area contributed by atoms with E-state index >= 15 is 0 Å². The fraction of sp³-hybridized carbons (Fsp3) is 0.632. The lowest BCUT2D eigenvalue weighted by atomic mass is 9.99. The SMILES string of the molecule is CCNC(=NCC(C)(C)NS(C)(=O)=O)N1CCC(Cc2ccccc2)C1.I. The molecule has 0 amide bonds. The minimum Gasteiger partial charge on any atom is -0.357 e. The molecule has 0 radical (unpaired) electrons. The van der Waals surface area contributed by atoms with Crippen LogP contribution in [0.4, 0.5) is 0 Å². The third kappa shape index (κ3) is 8.78. The van der Waals surface area contributed by atoms with Crippen molar-refractivity contribution in [2.45, 2.75) is 39.2 Å². The molecule has 1 atom stereocenters. The van der Waals surface area contributed by atoms with Gasteiger partial charge in [0.15, 0.2) is 5.96 Å². The lowest BCUT2D eigenvalue weighted by molar-refractivity contribution is 0.440. The number of hydrogen-bond acceptors (Lipinski definition) is 3. The molecule has 1 unspecified atom stereocenters. The van der Waals surface area contributed by atoms with Crippen molar-refractivity contribution in [1.82, 2.24) is 14.9 Å². The Hall–Kier alpha value is -0.870. The zero-order valence-corrected chi connectivity index (χ0v) is 19.9. The zero-order valence-electron chi connectivity index (χ0n) is 16.7. The third-order valence-corrected chi connectivity index (χ3v) is 5.30. The Bertz CT molecular complexity index is 708. The molecule has 0 aromatic heterocycles. The minimum absolute atomic E-state index is 0. The average molecular weight is 508 g/mol. The molecule has 1 aromatic carbocycles. The van der Waals surface area contributed by atoms with Gasteiger partial charge in [-0.15, -0.1) is 24.0 Å². The van der Waals surface area contributed by atoms with Gasteiger partial charge in [0.1, 0.15) is 0 Å². The number of aliphatic imine (C=N–C) groups is 1. The van der Waals surface area contributed by atoms with Crippen LogP contribution in [0.5, 0.6) is 0 Å². The molecular formula is C19H33IN4O2S. The quantitative estimate of drug-likeness (QED) is 0.337. The molecule has 2 rings (SSSR count). The summed E-state index contributed by atoms with van der Waals surface area (Å²) in [7, 11) is -3.26. The topological polar surface area (TPSA) is 73.8 Å². The molecule has 8 heteroatoms. The molecule has 154 valence electrons. The summed E-state index contributed by atoms with van der Waals surface area (Å²) in [5.74, 6) is 1.48. The highest BCUT2D eigenvalue weighted by Gasteiger charge is 2.26. The van der Waals surface area contributed by atoms with Crippen molar-refractivity contribution in [3.63, 3.8) is 0 Å². The van der Waals surface area contributed by atoms with Gasteiger partial charge < -0.3 is 10.2 Å². The first-order valence-electron chi connectivity index (χ1n) is 9.24. The highest BCUT2D eigenvalue weighted by molar-refractivity contribution is 14.0. The van der Waals surface area contributed by atoms with Gasteiger partial charge in [-0.05, 0) is 45.1 Å². The van der Waals surface area contributed by atoms with Crippen LogP contribution in [0.3, 0.4) is 0 Å². The highest BCUT2D eigenvalue weighted by Crippen LogP contribution is 2.21. The predicted molar refractivity (Wildman–Crippen MR) is 123 cm³/mol. The average Bonchev–Trinajstić information content (AvgIpc) is 2.98. The number of halogens is 1. The Morgan fingerprint density at radius 1 is 1.30 bits per heavy atom. The van der Waals surface area contributed by atoms with E-state index in [1.807, 2.05) is 26.8 Å². The molecule has 0 bridgehead atoms. The largest absolute Gasteiger partial charge is 0.357 e. The van der Waals surface area contributed by atoms with Crippen molar-refractivity contribution in [1.29, 1.82) is 0 Å². The molecule has 1 fully saturated rings. The van der Waals surface area contributed by atoms with Gasteiger partial charge in [-0.25, -0.2) is 13.1 Å². The van der Waals surface area contributed by atoms with E-state index in [0.717, 1.165) is 38.4 Å². The van der Waals surface area contributed by atoms with Gasteiger partial charge in [-0.3, -0.25) is 4.99 Å². The molecule has 1 aliphatic heterocycles. The van der Waals surface area contributed by atoms with Gasteiger partial charge in [0.05, 0.1) is 12.8 Å². The third-order valence-electron chi connectivity index (χ3n) is 4.37. The number of nitrogens with zero attached hydrogens (tertiary/aromatic N) is 2. The number of nitrogens with one attached hydrogen (secondary N) is 2. The normalized spacial score (nSPS) is 18.3. The number of sulfonamides is 1. The Kier molecular flexibility index (Phi) is 9.50. The summed E-state index contributed by atoms with van der Waals surface area (Å²) in [6.07, 6.45) is 3.40. The van der Waals surface area contributed by atoms with Crippen LogP contribution in [0.25, 0.3) is 0 Å². The summed E-state index contributed by atoms with van der Waals surface area (Å²) >= 11 is 0. The monoisotopic (exact) mass is 508 g/mol. The number of benzene rings is 1. The molecule has 2 N–H and O–H groups in total. The molecule has 1 aromatic rings. The number of guanidine groups is 1. The molecule has 1 heterocycles. The van der Waals surface area contributed by atoms with Gasteiger partial charge >= 0.3 is 0 Å². The van der Waals surface area contributed by atoms with E-state index in [-0.39, 0.29) is 24.0 Å². The summed E-state index contributed by atoms with van der Waals surface area (Å²) in [6, 6.07) is 10.6. The molecule has 1 aliphatic rings. The van der Waals surface area contributed by atoms with Crippen LogP contribution >= 0.6 is 24.0 Å². The van der Waals surface area contributed by atoms with Gasteiger partial charge in [0.25, 0.3) is 0 Å². The maximum atomic E-state index is 11.5. The minimum atomic E-state index is -3.26. The molecule has 0 aliphatic carbocycles. The van der Waals surface area contributed by atoms with E-state index in [2.05, 4.69) is 39.2 Å². The van der Waals surface area contributed by atoms with Gasteiger partial charge in [-0.1, -0.05) is 30.3 Å². The van der Waals surface area contributed by atoms with Crippen LogP contribution in [-0.4, -0.2) is 57.3 Å². The molecule has 27 heavy (non-hydrogen) atoms. The van der Waals surface area contributed by atoms with Crippen molar-refractivity contribution in [2.75, 3.05) is 32.4 Å². The van der Waals surface area contributed by atoms with Crippen LogP contribution in [0, 0.1) is 5.92 Å². The molecule has 0 spiro atoms. The predicted octanol–water partition coefficient (Wildman–Crippen LogP) is 2.46. The smallest absolute Gasteiger partial charge is 0.209 e. The van der Waals surface area contributed by atoms with Crippen molar-refractivity contribution in [3.05, 3.63) is 35.9 Å². The highest BCUT2D eigenvalue weighted by atomic mass is 127. The molecule has 6 nitrogen and oxygen atoms in total. The van der Waals surface area contributed by atoms with Crippen molar-refractivity contribution < 1.29 is 8.42 Å². The first-order valence-corrected chi connectivity index (χ1v) is 11.1. The van der Waals surface area contributed by atoms with Crippen molar-refractivity contribution in [3.8, 4) is 0 Å². The fourth-order valence-electron chi connectivity index (χ4n) is 3.37. The van der Waals surface area contributed by atoms with Crippen LogP contribution in [0.2, 0.25) is 0 Å². The van der Waals surface area contributed by atoms with Gasteiger partial charge in [-0.2, -0.15) is 0 Å². The first kappa shape index (κ1) is 24.2. The molecular weight excluding hydrogens is 475 g/mol. The molecule has 0 saturated carbocycles. The second-order valence-corrected chi connectivity index (χ2v) is 9.47. The van der Waals surface area contributed by atoms with E-state index in [1.54, 1.807) is 0 Å². The summed E-state index contributed by atoms with van der Waals surface area (Å²) in [4.78, 5) is 6.98. The van der Waals surface area contributed by atoms with Crippen molar-refractivity contribution in [2.24, 2.45) is 10.9 Å². The Morgan fingerprint density at radius 3 is 2.56 bits per heavy atom. The van der Waals surface area contributed by atoms with E-state index in [9.17, 15) is 8.42 Å². The lowest BCUT2D eigenvalue weighted by Crippen LogP contribution is -2.47.